The van der Waals surface area contributed by atoms with Gasteiger partial charge >= 0.3 is 0 Å². The molecule has 8 heteroatoms. The van der Waals surface area contributed by atoms with Gasteiger partial charge in [0.05, 0.1) is 12.2 Å². The number of anilines is 1. The van der Waals surface area contributed by atoms with Gasteiger partial charge in [0, 0.05) is 22.1 Å². The van der Waals surface area contributed by atoms with Gasteiger partial charge in [0.25, 0.3) is 11.8 Å². The third-order valence-electron chi connectivity index (χ3n) is 4.92. The number of halogens is 1. The van der Waals surface area contributed by atoms with Crippen LogP contribution in [0.15, 0.2) is 46.9 Å². The Balaban J connectivity index is 1.91. The lowest BCUT2D eigenvalue weighted by Crippen LogP contribution is -2.41. The molecule has 0 aliphatic rings. The Bertz CT molecular complexity index is 932. The molecule has 0 saturated carbocycles. The van der Waals surface area contributed by atoms with E-state index in [-0.39, 0.29) is 5.91 Å². The van der Waals surface area contributed by atoms with Crippen molar-refractivity contribution in [3.63, 3.8) is 0 Å². The lowest BCUT2D eigenvalue weighted by molar-refractivity contribution is -0.116. The molecule has 0 aliphatic heterocycles. The number of benzene rings is 2. The Labute approximate surface area is 203 Å². The minimum Gasteiger partial charge on any atom is -0.493 e. The highest BCUT2D eigenvalue weighted by Gasteiger charge is 2.15. The van der Waals surface area contributed by atoms with Crippen LogP contribution in [0.2, 0.25) is 0 Å². The molecule has 0 radical (unpaired) electrons. The predicted octanol–water partition coefficient (Wildman–Crippen LogP) is 5.61. The Kier molecular flexibility index (Phi) is 11.4. The van der Waals surface area contributed by atoms with Crippen LogP contribution in [0, 0.1) is 0 Å². The second-order valence-electron chi connectivity index (χ2n) is 7.69. The lowest BCUT2D eigenvalue weighted by atomic mass is 10.2. The molecule has 7 nitrogen and oxygen atoms in total. The zero-order valence-corrected chi connectivity index (χ0v) is 20.8. The van der Waals surface area contributed by atoms with Crippen molar-refractivity contribution >= 4 is 39.3 Å². The fraction of sp³-hybridized carbons (Fsp3) is 0.400. The summed E-state index contributed by atoms with van der Waals surface area (Å²) < 4.78 is 6.52. The van der Waals surface area contributed by atoms with Crippen LogP contribution in [0.4, 0.5) is 5.69 Å². The molecule has 0 bridgehead atoms. The van der Waals surface area contributed by atoms with E-state index in [9.17, 15) is 14.4 Å². The predicted molar refractivity (Wildman–Crippen MR) is 133 cm³/mol. The molecule has 0 fully saturated rings. The number of hydrogen-bond acceptors (Lipinski definition) is 4. The molecule has 2 aromatic carbocycles. The maximum Gasteiger partial charge on any atom is 0.273 e. The summed E-state index contributed by atoms with van der Waals surface area (Å²) in [5, 5.41) is 2.80. The van der Waals surface area contributed by atoms with E-state index in [0.717, 1.165) is 43.0 Å². The fourth-order valence-electron chi connectivity index (χ4n) is 3.04. The van der Waals surface area contributed by atoms with Crippen molar-refractivity contribution in [2.75, 3.05) is 11.9 Å². The van der Waals surface area contributed by atoms with Gasteiger partial charge in [-0.15, -0.1) is 0 Å². The summed E-state index contributed by atoms with van der Waals surface area (Å²) in [6.07, 6.45) is 6.52. The maximum atomic E-state index is 12.7. The lowest BCUT2D eigenvalue weighted by Gasteiger charge is -2.13. The van der Waals surface area contributed by atoms with Crippen LogP contribution in [-0.2, 0) is 4.79 Å². The molecule has 2 rings (SSSR count). The summed E-state index contributed by atoms with van der Waals surface area (Å²) >= 11 is 3.37. The normalized spacial score (nSPS) is 10.4. The number of nitrogens with one attached hydrogen (secondary N) is 3. The highest BCUT2D eigenvalue weighted by Crippen LogP contribution is 2.23. The van der Waals surface area contributed by atoms with E-state index in [1.807, 2.05) is 6.92 Å². The standard InChI is InChI=1S/C25H32BrN3O4/c1-3-5-7-8-16-33-22-15-12-19(26)17-21(22)25(32)29-28-24(31)18-10-13-20(14-11-18)27-23(30)9-6-4-2/h10-15,17H,3-9,16H2,1-2H3,(H,27,30)(H,28,31)(H,29,32). The minimum atomic E-state index is -0.479. The smallest absolute Gasteiger partial charge is 0.273 e. The summed E-state index contributed by atoms with van der Waals surface area (Å²) in [4.78, 5) is 36.9. The van der Waals surface area contributed by atoms with E-state index in [0.29, 0.717) is 35.6 Å². The molecule has 0 atom stereocenters. The van der Waals surface area contributed by atoms with Crippen molar-refractivity contribution in [3.8, 4) is 5.75 Å². The third kappa shape index (κ3) is 9.26. The first-order valence-corrected chi connectivity index (χ1v) is 12.2. The SMILES string of the molecule is CCCCCCOc1ccc(Br)cc1C(=O)NNC(=O)c1ccc(NC(=O)CCCC)cc1. The first-order valence-electron chi connectivity index (χ1n) is 11.4. The highest BCUT2D eigenvalue weighted by molar-refractivity contribution is 9.10. The zero-order valence-electron chi connectivity index (χ0n) is 19.2. The van der Waals surface area contributed by atoms with Crippen molar-refractivity contribution < 1.29 is 19.1 Å². The molecular formula is C25H32BrN3O4. The second kappa shape index (κ2) is 14.3. The van der Waals surface area contributed by atoms with Gasteiger partial charge in [0.15, 0.2) is 0 Å². The quantitative estimate of drug-likeness (QED) is 0.251. The molecule has 0 heterocycles. The molecule has 2 aromatic rings. The first kappa shape index (κ1) is 26.4. The average Bonchev–Trinajstić information content (AvgIpc) is 2.82. The number of rotatable bonds is 12. The minimum absolute atomic E-state index is 0.0567. The van der Waals surface area contributed by atoms with E-state index >= 15 is 0 Å². The van der Waals surface area contributed by atoms with E-state index in [2.05, 4.69) is 39.0 Å². The van der Waals surface area contributed by atoms with Crippen molar-refractivity contribution in [1.29, 1.82) is 0 Å². The number of amides is 3. The summed E-state index contributed by atoms with van der Waals surface area (Å²) in [5.74, 6) is -0.541. The monoisotopic (exact) mass is 517 g/mol. The Morgan fingerprint density at radius 2 is 1.55 bits per heavy atom. The molecule has 3 N–H and O–H groups in total. The molecular weight excluding hydrogens is 486 g/mol. The molecule has 0 saturated heterocycles. The van der Waals surface area contributed by atoms with Gasteiger partial charge in [-0.05, 0) is 55.3 Å². The number of carbonyl (C=O) groups excluding carboxylic acids is 3. The van der Waals surface area contributed by atoms with Gasteiger partial charge in [-0.25, -0.2) is 0 Å². The summed E-state index contributed by atoms with van der Waals surface area (Å²) in [5.41, 5.74) is 6.15. The summed E-state index contributed by atoms with van der Waals surface area (Å²) in [6.45, 7) is 4.70. The van der Waals surface area contributed by atoms with Gasteiger partial charge in [-0.1, -0.05) is 55.5 Å². The number of carbonyl (C=O) groups is 3. The van der Waals surface area contributed by atoms with E-state index in [1.165, 1.54) is 0 Å². The number of hydrazine groups is 1. The van der Waals surface area contributed by atoms with Crippen molar-refractivity contribution in [2.24, 2.45) is 0 Å². The van der Waals surface area contributed by atoms with Gasteiger partial charge in [0.1, 0.15) is 5.75 Å². The number of ether oxygens (including phenoxy) is 1. The van der Waals surface area contributed by atoms with Crippen LogP contribution < -0.4 is 20.9 Å². The molecule has 178 valence electrons. The van der Waals surface area contributed by atoms with Crippen LogP contribution in [0.5, 0.6) is 5.75 Å². The maximum absolute atomic E-state index is 12.7. The van der Waals surface area contributed by atoms with Crippen molar-refractivity contribution in [1.82, 2.24) is 10.9 Å². The van der Waals surface area contributed by atoms with Crippen LogP contribution in [0.1, 0.15) is 79.5 Å². The summed E-state index contributed by atoms with van der Waals surface area (Å²) in [6, 6.07) is 11.7. The highest BCUT2D eigenvalue weighted by atomic mass is 79.9. The van der Waals surface area contributed by atoms with Gasteiger partial charge in [-0.3, -0.25) is 25.2 Å². The molecule has 0 unspecified atom stereocenters. The zero-order chi connectivity index (χ0) is 24.1. The van der Waals surface area contributed by atoms with Crippen LogP contribution in [0.3, 0.4) is 0 Å². The topological polar surface area (TPSA) is 96.5 Å². The molecule has 0 spiro atoms. The van der Waals surface area contributed by atoms with Crippen molar-refractivity contribution in [2.45, 2.75) is 58.8 Å². The van der Waals surface area contributed by atoms with E-state index in [4.69, 9.17) is 4.74 Å². The van der Waals surface area contributed by atoms with E-state index < -0.39 is 11.8 Å². The van der Waals surface area contributed by atoms with Gasteiger partial charge in [-0.2, -0.15) is 0 Å². The van der Waals surface area contributed by atoms with Gasteiger partial charge < -0.3 is 10.1 Å². The first-order chi connectivity index (χ1) is 15.9. The van der Waals surface area contributed by atoms with Crippen LogP contribution in [0.25, 0.3) is 0 Å². The third-order valence-corrected chi connectivity index (χ3v) is 5.41. The average molecular weight is 518 g/mol. The Hall–Kier alpha value is -2.87. The van der Waals surface area contributed by atoms with E-state index in [1.54, 1.807) is 42.5 Å². The molecule has 0 aliphatic carbocycles. The van der Waals surface area contributed by atoms with Crippen LogP contribution in [-0.4, -0.2) is 24.3 Å². The Morgan fingerprint density at radius 3 is 2.24 bits per heavy atom. The van der Waals surface area contributed by atoms with Crippen LogP contribution >= 0.6 is 15.9 Å². The molecule has 3 amide bonds. The number of unbranched alkanes of at least 4 members (excludes halogenated alkanes) is 4. The second-order valence-corrected chi connectivity index (χ2v) is 8.60. The molecule has 33 heavy (non-hydrogen) atoms. The van der Waals surface area contributed by atoms with Crippen molar-refractivity contribution in [3.05, 3.63) is 58.1 Å². The summed E-state index contributed by atoms with van der Waals surface area (Å²) in [7, 11) is 0. The van der Waals surface area contributed by atoms with Gasteiger partial charge in [0.2, 0.25) is 5.91 Å². The Morgan fingerprint density at radius 1 is 0.848 bits per heavy atom. The number of hydrogen-bond donors (Lipinski definition) is 3. The molecule has 0 aromatic heterocycles. The fourth-order valence-corrected chi connectivity index (χ4v) is 3.40. The largest absolute Gasteiger partial charge is 0.493 e.